The van der Waals surface area contributed by atoms with Crippen molar-refractivity contribution in [2.24, 2.45) is 11.2 Å². The summed E-state index contributed by atoms with van der Waals surface area (Å²) in [5.41, 5.74) is 0.909. The number of aryl methyl sites for hydroxylation is 1. The van der Waals surface area contributed by atoms with Crippen LogP contribution in [-0.2, 0) is 25.8 Å². The molecule has 3 aromatic carbocycles. The molecule has 50 heavy (non-hydrogen) atoms. The molecule has 1 atom stereocenters. The van der Waals surface area contributed by atoms with Gasteiger partial charge < -0.3 is 10.0 Å². The van der Waals surface area contributed by atoms with Gasteiger partial charge in [0.1, 0.15) is 0 Å². The van der Waals surface area contributed by atoms with Crippen molar-refractivity contribution in [2.75, 3.05) is 19.8 Å². The Kier molecular flexibility index (Phi) is 9.04. The minimum atomic E-state index is -4.72. The molecule has 2 aliphatic rings. The molecule has 0 saturated carbocycles. The number of hydrogen-bond donors (Lipinski definition) is 1. The maximum absolute atomic E-state index is 13.6. The molecule has 0 aliphatic carbocycles. The summed E-state index contributed by atoms with van der Waals surface area (Å²) >= 11 is 0. The Hall–Kier alpha value is -5.78. The summed E-state index contributed by atoms with van der Waals surface area (Å²) in [5.74, 6) is -3.04. The lowest BCUT2D eigenvalue weighted by molar-refractivity contribution is -0.713. The Morgan fingerprint density at radius 2 is 1.68 bits per heavy atom. The van der Waals surface area contributed by atoms with Crippen molar-refractivity contribution in [3.63, 3.8) is 0 Å². The smallest absolute Gasteiger partial charge is 0.435 e. The van der Waals surface area contributed by atoms with Crippen molar-refractivity contribution in [3.8, 4) is 16.9 Å². The molecule has 18 heteroatoms. The van der Waals surface area contributed by atoms with Crippen molar-refractivity contribution in [2.45, 2.75) is 30.8 Å². The van der Waals surface area contributed by atoms with E-state index in [-0.39, 0.29) is 51.9 Å². The molecule has 0 radical (unpaired) electrons. The first-order valence-corrected chi connectivity index (χ1v) is 16.6. The summed E-state index contributed by atoms with van der Waals surface area (Å²) in [6, 6.07) is 18.7. The number of carbonyl (C=O) groups is 3. The van der Waals surface area contributed by atoms with Crippen LogP contribution in [0.5, 0.6) is 0 Å². The zero-order valence-corrected chi connectivity index (χ0v) is 27.0. The number of sulfonamides is 1. The van der Waals surface area contributed by atoms with Crippen molar-refractivity contribution >= 4 is 27.7 Å². The first-order valence-electron chi connectivity index (χ1n) is 15.1. The molecule has 0 bridgehead atoms. The number of aromatic nitrogens is 2. The second-order valence-electron chi connectivity index (χ2n) is 11.6. The molecule has 1 aromatic heterocycles. The van der Waals surface area contributed by atoms with Crippen LogP contribution >= 0.6 is 0 Å². The van der Waals surface area contributed by atoms with E-state index in [1.54, 1.807) is 36.4 Å². The number of imide groups is 1. The third kappa shape index (κ3) is 6.87. The van der Waals surface area contributed by atoms with Crippen LogP contribution < -0.4 is 4.72 Å². The number of fused-ring (bicyclic) bond motifs is 1. The summed E-state index contributed by atoms with van der Waals surface area (Å²) in [6.07, 6.45) is -4.14. The highest BCUT2D eigenvalue weighted by Gasteiger charge is 2.37. The lowest BCUT2D eigenvalue weighted by Gasteiger charge is -2.27. The lowest BCUT2D eigenvalue weighted by Crippen LogP contribution is -2.46. The third-order valence-electron chi connectivity index (χ3n) is 8.18. The maximum atomic E-state index is 13.6. The number of rotatable bonds is 9. The number of piperidine rings is 1. The van der Waals surface area contributed by atoms with Gasteiger partial charge >= 0.3 is 6.18 Å². The molecule has 1 fully saturated rings. The number of nitrogens with zero attached hydrogens (tertiary/aromatic N) is 6. The van der Waals surface area contributed by atoms with Crippen molar-refractivity contribution in [3.05, 3.63) is 106 Å². The molecule has 4 aromatic rings. The Morgan fingerprint density at radius 1 is 1.04 bits per heavy atom. The second kappa shape index (κ2) is 13.3. The van der Waals surface area contributed by atoms with Crippen LogP contribution in [0.15, 0.2) is 89.0 Å². The first-order chi connectivity index (χ1) is 23.7. The molecule has 2 aliphatic heterocycles. The predicted molar refractivity (Wildman–Crippen MR) is 167 cm³/mol. The van der Waals surface area contributed by atoms with Gasteiger partial charge in [0.25, 0.3) is 21.8 Å². The fourth-order valence-corrected chi connectivity index (χ4v) is 6.60. The third-order valence-corrected chi connectivity index (χ3v) is 9.54. The topological polar surface area (TPSA) is 169 Å². The average Bonchev–Trinajstić information content (AvgIpc) is 3.65. The minimum Gasteiger partial charge on any atom is -0.569 e. The van der Waals surface area contributed by atoms with Crippen LogP contribution in [0, 0.1) is 18.0 Å². The van der Waals surface area contributed by atoms with E-state index in [2.05, 4.69) is 10.4 Å². The number of hydrazine groups is 1. The number of hydrogen-bond acceptors (Lipinski definition) is 9. The number of benzene rings is 3. The van der Waals surface area contributed by atoms with Crippen molar-refractivity contribution in [1.29, 1.82) is 0 Å². The lowest BCUT2D eigenvalue weighted by atomic mass is 9.99. The molecule has 1 N–H and O–H groups in total. The van der Waals surface area contributed by atoms with Crippen LogP contribution in [0.4, 0.5) is 13.2 Å². The van der Waals surface area contributed by atoms with E-state index in [9.17, 15) is 41.2 Å². The van der Waals surface area contributed by atoms with Gasteiger partial charge in [-0.05, 0) is 62.2 Å². The van der Waals surface area contributed by atoms with Gasteiger partial charge in [-0.1, -0.05) is 42.0 Å². The Bertz CT molecular complexity index is 2070. The number of nitrogens with one attached hydrogen (secondary N) is 1. The molecule has 3 amide bonds. The van der Waals surface area contributed by atoms with Crippen molar-refractivity contribution < 1.29 is 45.8 Å². The van der Waals surface area contributed by atoms with E-state index in [4.69, 9.17) is 4.84 Å². The largest absolute Gasteiger partial charge is 0.569 e. The number of amides is 3. The zero-order valence-electron chi connectivity index (χ0n) is 26.2. The fourth-order valence-electron chi connectivity index (χ4n) is 5.56. The quantitative estimate of drug-likeness (QED) is 0.114. The summed E-state index contributed by atoms with van der Waals surface area (Å²) in [7, 11) is -4.42. The molecule has 6 rings (SSSR count). The van der Waals surface area contributed by atoms with E-state index < -0.39 is 52.3 Å². The summed E-state index contributed by atoms with van der Waals surface area (Å²) in [6.45, 7) is 1.15. The molecule has 1 unspecified atom stereocenters. The normalized spacial score (nSPS) is 16.8. The summed E-state index contributed by atoms with van der Waals surface area (Å²) in [4.78, 5) is 43.4. The second-order valence-corrected chi connectivity index (χ2v) is 13.3. The van der Waals surface area contributed by atoms with E-state index in [1.807, 2.05) is 11.6 Å². The molecule has 1 saturated heterocycles. The van der Waals surface area contributed by atoms with Gasteiger partial charge in [0.15, 0.2) is 5.69 Å². The first kappa shape index (κ1) is 34.1. The standard InChI is InChI=1S/C32H28F3N7O7S/c1-20-8-10-21(11-9-20)27-17-28(32(33,34)35)36-41(27)23-12-14-24(15-13-23)50(47,48)37-29(43)22-5-4-16-39(18-22)42(46)38-49-19-40-30(44)25-6-2-3-7-26(25)31(40)45/h2-3,6-15,17,22H,4-5,16,18-19H2,1H3,(H,37,43). The van der Waals surface area contributed by atoms with Crippen molar-refractivity contribution in [1.82, 2.24) is 24.4 Å². The Balaban J connectivity index is 1.10. The van der Waals surface area contributed by atoms with Gasteiger partial charge in [0.05, 0.1) is 51.4 Å². The number of carbonyl (C=O) groups excluding carboxylic acids is 3. The fraction of sp³-hybridized carbons (Fsp3) is 0.250. The maximum Gasteiger partial charge on any atom is 0.435 e. The SMILES string of the molecule is Cc1ccc(-c2cc(C(F)(F)F)nn2-c2ccc(S(=O)(=O)NC(=O)C3CCCN([N+]([O-])=NOCN4C(=O)c5ccccc5C4=O)C3)cc2)cc1. The Labute approximate surface area is 282 Å². The van der Waals surface area contributed by atoms with E-state index in [0.717, 1.165) is 38.4 Å². The predicted octanol–water partition coefficient (Wildman–Crippen LogP) is 4.45. The summed E-state index contributed by atoms with van der Waals surface area (Å²) in [5, 5.41) is 20.8. The number of halogens is 3. The van der Waals surface area contributed by atoms with Gasteiger partial charge in [-0.15, -0.1) is 5.01 Å². The monoisotopic (exact) mass is 711 g/mol. The van der Waals surface area contributed by atoms with E-state index >= 15 is 0 Å². The van der Waals surface area contributed by atoms with E-state index in [1.165, 1.54) is 24.3 Å². The van der Waals surface area contributed by atoms with Crippen LogP contribution in [0.1, 0.15) is 44.8 Å². The minimum absolute atomic E-state index is 0.0647. The van der Waals surface area contributed by atoms with Gasteiger partial charge in [-0.3, -0.25) is 14.4 Å². The molecular formula is C32H28F3N7O7S. The molecule has 3 heterocycles. The molecule has 0 spiro atoms. The van der Waals surface area contributed by atoms with Gasteiger partial charge in [0.2, 0.25) is 17.9 Å². The van der Waals surface area contributed by atoms with Crippen LogP contribution in [0.2, 0.25) is 0 Å². The number of alkyl halides is 3. The average molecular weight is 712 g/mol. The highest BCUT2D eigenvalue weighted by atomic mass is 32.2. The van der Waals surface area contributed by atoms with Gasteiger partial charge in [-0.25, -0.2) is 22.7 Å². The van der Waals surface area contributed by atoms with Crippen LogP contribution in [0.3, 0.4) is 0 Å². The van der Waals surface area contributed by atoms with Gasteiger partial charge in [0, 0.05) is 5.56 Å². The molecule has 260 valence electrons. The summed E-state index contributed by atoms with van der Waals surface area (Å²) < 4.78 is 70.0. The van der Waals surface area contributed by atoms with E-state index in [0.29, 0.717) is 12.0 Å². The van der Waals surface area contributed by atoms with Crippen LogP contribution in [-0.4, -0.2) is 70.6 Å². The van der Waals surface area contributed by atoms with Gasteiger partial charge in [-0.2, -0.15) is 18.3 Å². The zero-order chi connectivity index (χ0) is 35.8. The molecular weight excluding hydrogens is 683 g/mol. The van der Waals surface area contributed by atoms with Crippen LogP contribution in [0.25, 0.3) is 16.9 Å². The Morgan fingerprint density at radius 3 is 2.30 bits per heavy atom. The highest BCUT2D eigenvalue weighted by Crippen LogP contribution is 2.33. The highest BCUT2D eigenvalue weighted by molar-refractivity contribution is 7.90. The molecule has 14 nitrogen and oxygen atoms in total.